The summed E-state index contributed by atoms with van der Waals surface area (Å²) < 4.78 is 37.2. The number of halogens is 1. The molecule has 0 saturated carbocycles. The molecule has 0 saturated heterocycles. The van der Waals surface area contributed by atoms with E-state index in [1.807, 2.05) is 22.5 Å². The van der Waals surface area contributed by atoms with Crippen molar-refractivity contribution in [2.24, 2.45) is 7.05 Å². The van der Waals surface area contributed by atoms with Crippen LogP contribution in [0.25, 0.3) is 0 Å². The van der Waals surface area contributed by atoms with Crippen molar-refractivity contribution in [3.63, 3.8) is 0 Å². The number of nitrogen functional groups attached to an aromatic ring is 1. The van der Waals surface area contributed by atoms with Gasteiger partial charge in [0.1, 0.15) is 0 Å². The number of rotatable bonds is 0. The molecule has 70 valence electrons. The first-order valence-electron chi connectivity index (χ1n) is 2.65. The molecule has 0 aliphatic heterocycles. The van der Waals surface area contributed by atoms with Gasteiger partial charge in [-0.15, -0.1) is 3.89 Å². The van der Waals surface area contributed by atoms with Crippen molar-refractivity contribution >= 4 is 27.9 Å². The fourth-order valence-electron chi connectivity index (χ4n) is 0.357. The van der Waals surface area contributed by atoms with Crippen molar-refractivity contribution in [3.8, 4) is 0 Å². The zero-order valence-corrected chi connectivity index (χ0v) is 7.73. The summed E-state index contributed by atoms with van der Waals surface area (Å²) in [7, 11) is -3.49. The van der Waals surface area contributed by atoms with E-state index in [1.165, 1.54) is 0 Å². The minimum Gasteiger partial charge on any atom is -0.722 e. The molecule has 1 aromatic rings. The second kappa shape index (κ2) is 4.33. The van der Waals surface area contributed by atoms with Crippen molar-refractivity contribution in [3.05, 3.63) is 11.4 Å². The van der Waals surface area contributed by atoms with E-state index in [-0.39, 0.29) is 0 Å². The number of aromatic nitrogens is 1. The van der Waals surface area contributed by atoms with Gasteiger partial charge in [-0.05, 0) is 0 Å². The molecule has 0 aliphatic carbocycles. The number of hydrogen-bond donors (Lipinski definition) is 1. The van der Waals surface area contributed by atoms with E-state index in [0.717, 1.165) is 5.82 Å². The van der Waals surface area contributed by atoms with Crippen LogP contribution in [0, 0.1) is 0 Å². The topological polar surface area (TPSA) is 87.1 Å². The van der Waals surface area contributed by atoms with Crippen LogP contribution < -0.4 is 9.69 Å². The Bertz CT molecular complexity index is 309. The first-order chi connectivity index (χ1) is 5.30. The van der Waals surface area contributed by atoms with E-state index in [0.29, 0.717) is 0 Å². The third-order valence-corrected chi connectivity index (χ3v) is 1.61. The highest BCUT2D eigenvalue weighted by atomic mass is 32.3. The van der Waals surface area contributed by atoms with Crippen LogP contribution in [0.2, 0.25) is 0 Å². The van der Waals surface area contributed by atoms with Gasteiger partial charge < -0.3 is 4.55 Å². The summed E-state index contributed by atoms with van der Waals surface area (Å²) in [5, 5.41) is 1.95. The molecule has 0 spiro atoms. The SMILES string of the molecule is C[n+]1sccc1N.O=S(=O)([O-])F. The molecule has 0 fully saturated rings. The summed E-state index contributed by atoms with van der Waals surface area (Å²) in [4.78, 5) is 0. The Morgan fingerprint density at radius 2 is 2.17 bits per heavy atom. The molecule has 0 unspecified atom stereocenters. The Kier molecular flexibility index (Phi) is 4.07. The van der Waals surface area contributed by atoms with Crippen LogP contribution in [0.5, 0.6) is 0 Å². The van der Waals surface area contributed by atoms with E-state index in [1.54, 1.807) is 11.5 Å². The molecule has 0 radical (unpaired) electrons. The standard InChI is InChI=1S/C4H6N2S.FHO3S/c1-6-4(5)2-3-7-6;1-5(2,3)4/h2-3,5H,1H3;(H,2,3,4). The molecule has 1 heterocycles. The summed E-state index contributed by atoms with van der Waals surface area (Å²) in [6.07, 6.45) is 0. The smallest absolute Gasteiger partial charge is 0.284 e. The lowest BCUT2D eigenvalue weighted by Crippen LogP contribution is -2.24. The van der Waals surface area contributed by atoms with Gasteiger partial charge in [0, 0.05) is 23.0 Å². The Morgan fingerprint density at radius 1 is 1.75 bits per heavy atom. The lowest BCUT2D eigenvalue weighted by atomic mass is 10.7. The van der Waals surface area contributed by atoms with Crippen LogP contribution in [0.4, 0.5) is 9.70 Å². The van der Waals surface area contributed by atoms with Gasteiger partial charge >= 0.3 is 0 Å². The van der Waals surface area contributed by atoms with E-state index in [4.69, 9.17) is 18.7 Å². The molecule has 0 aliphatic rings. The van der Waals surface area contributed by atoms with E-state index < -0.39 is 10.5 Å². The molecule has 8 heteroatoms. The summed E-state index contributed by atoms with van der Waals surface area (Å²) in [6, 6.07) is 1.88. The average molecular weight is 214 g/mol. The van der Waals surface area contributed by atoms with Crippen LogP contribution in [0.1, 0.15) is 0 Å². The highest BCUT2D eigenvalue weighted by molar-refractivity contribution is 7.80. The maximum atomic E-state index is 10.1. The van der Waals surface area contributed by atoms with Gasteiger partial charge in [0.2, 0.25) is 0 Å². The van der Waals surface area contributed by atoms with Crippen molar-refractivity contribution in [1.82, 2.24) is 0 Å². The average Bonchev–Trinajstić information content (AvgIpc) is 2.12. The van der Waals surface area contributed by atoms with Gasteiger partial charge in [0.15, 0.2) is 0 Å². The molecule has 0 aromatic carbocycles. The highest BCUT2D eigenvalue weighted by Crippen LogP contribution is 1.94. The van der Waals surface area contributed by atoms with Crippen LogP contribution in [-0.2, 0) is 17.6 Å². The lowest BCUT2D eigenvalue weighted by molar-refractivity contribution is -0.585. The van der Waals surface area contributed by atoms with Gasteiger partial charge in [-0.25, -0.2) is 8.42 Å². The Balaban J connectivity index is 0.000000217. The molecule has 0 atom stereocenters. The quantitative estimate of drug-likeness (QED) is 0.360. The number of nitrogens with two attached hydrogens (primary N) is 1. The second-order valence-electron chi connectivity index (χ2n) is 1.72. The van der Waals surface area contributed by atoms with Crippen molar-refractivity contribution in [2.45, 2.75) is 0 Å². The molecule has 12 heavy (non-hydrogen) atoms. The zero-order chi connectivity index (χ0) is 9.78. The fourth-order valence-corrected chi connectivity index (χ4v) is 0.923. The second-order valence-corrected chi connectivity index (χ2v) is 3.54. The van der Waals surface area contributed by atoms with E-state index in [9.17, 15) is 3.89 Å². The van der Waals surface area contributed by atoms with Crippen molar-refractivity contribution in [1.29, 1.82) is 0 Å². The Hall–Kier alpha value is -0.730. The van der Waals surface area contributed by atoms with Gasteiger partial charge in [0.05, 0.1) is 7.05 Å². The normalized spacial score (nSPS) is 10.2. The van der Waals surface area contributed by atoms with Gasteiger partial charge in [-0.1, -0.05) is 0 Å². The zero-order valence-electron chi connectivity index (χ0n) is 6.10. The molecule has 0 bridgehead atoms. The minimum atomic E-state index is -5.42. The van der Waals surface area contributed by atoms with Crippen LogP contribution >= 0.6 is 11.5 Å². The third kappa shape index (κ3) is 7.38. The fraction of sp³-hybridized carbons (Fsp3) is 0.250. The predicted octanol–water partition coefficient (Wildman–Crippen LogP) is -0.429. The third-order valence-electron chi connectivity index (χ3n) is 0.821. The monoisotopic (exact) mass is 214 g/mol. The maximum Gasteiger partial charge on any atom is 0.284 e. The van der Waals surface area contributed by atoms with Crippen molar-refractivity contribution < 1.29 is 20.8 Å². The maximum absolute atomic E-state index is 10.1. The Morgan fingerprint density at radius 3 is 2.25 bits per heavy atom. The molecule has 2 N–H and O–H groups in total. The summed E-state index contributed by atoms with van der Waals surface area (Å²) in [5.41, 5.74) is 5.41. The molecule has 1 aromatic heterocycles. The number of aryl methyl sites for hydroxylation is 1. The first kappa shape index (κ1) is 11.3. The van der Waals surface area contributed by atoms with E-state index in [2.05, 4.69) is 0 Å². The first-order valence-corrected chi connectivity index (χ1v) is 4.80. The van der Waals surface area contributed by atoms with Gasteiger partial charge in [-0.2, -0.15) is 3.96 Å². The Labute approximate surface area is 73.4 Å². The minimum absolute atomic E-state index is 0.824. The predicted molar refractivity (Wildman–Crippen MR) is 40.7 cm³/mol. The molecular formula is C4H7FN2O3S2. The lowest BCUT2D eigenvalue weighted by Gasteiger charge is -1.84. The number of anilines is 1. The number of hydrogen-bond acceptors (Lipinski definition) is 5. The summed E-state index contributed by atoms with van der Waals surface area (Å²) in [5.74, 6) is 0.824. The van der Waals surface area contributed by atoms with Gasteiger partial charge in [0.25, 0.3) is 16.3 Å². The van der Waals surface area contributed by atoms with Crippen LogP contribution in [0.3, 0.4) is 0 Å². The van der Waals surface area contributed by atoms with E-state index >= 15 is 0 Å². The molecule has 1 rings (SSSR count). The molecule has 5 nitrogen and oxygen atoms in total. The van der Waals surface area contributed by atoms with Crippen molar-refractivity contribution in [2.75, 3.05) is 5.73 Å². The van der Waals surface area contributed by atoms with Crippen LogP contribution in [-0.4, -0.2) is 13.0 Å². The highest BCUT2D eigenvalue weighted by Gasteiger charge is 1.94. The van der Waals surface area contributed by atoms with Gasteiger partial charge in [-0.3, -0.25) is 5.73 Å². The van der Waals surface area contributed by atoms with Crippen LogP contribution in [0.15, 0.2) is 11.4 Å². The molecule has 0 amide bonds. The number of nitrogens with zero attached hydrogens (tertiary/aromatic N) is 1. The summed E-state index contributed by atoms with van der Waals surface area (Å²) in [6.45, 7) is 0. The molecular weight excluding hydrogens is 207 g/mol. The largest absolute Gasteiger partial charge is 0.722 e. The summed E-state index contributed by atoms with van der Waals surface area (Å²) >= 11 is 1.60.